The van der Waals surface area contributed by atoms with E-state index in [0.29, 0.717) is 19.3 Å². The molecule has 0 aliphatic carbocycles. The zero-order valence-corrected chi connectivity index (χ0v) is 51.4. The summed E-state index contributed by atoms with van der Waals surface area (Å²) in [7, 11) is 0. The van der Waals surface area contributed by atoms with Crippen molar-refractivity contribution < 1.29 is 28.6 Å². The predicted octanol–water partition coefficient (Wildman–Crippen LogP) is 22.8. The Morgan fingerprint density at radius 1 is 0.269 bits per heavy atom. The van der Waals surface area contributed by atoms with Crippen LogP contribution >= 0.6 is 0 Å². The van der Waals surface area contributed by atoms with E-state index in [1.807, 2.05) is 0 Å². The van der Waals surface area contributed by atoms with Gasteiger partial charge in [0.25, 0.3) is 0 Å². The second-order valence-corrected chi connectivity index (χ2v) is 22.0. The molecule has 0 heterocycles. The third-order valence-corrected chi connectivity index (χ3v) is 14.3. The molecule has 6 nitrogen and oxygen atoms in total. The van der Waals surface area contributed by atoms with E-state index in [9.17, 15) is 14.4 Å². The Balaban J connectivity index is 4.36. The molecular weight excluding hydrogens is 961 g/mol. The standard InChI is InChI=1S/C72H124O6/c1-4-7-10-13-16-19-22-25-28-30-32-34-36-38-40-42-44-47-50-53-56-59-62-65-71(74)77-68-69(67-76-70(73)64-61-58-55-52-49-46-27-24-21-18-15-12-9-6-3)78-72(75)66-63-60-57-54-51-48-45-43-41-39-37-35-33-31-29-26-23-20-17-14-11-8-5-2/h7,10,15-16,18-19,24-25,27-28,31-34,38,40,69H,4-6,8-9,11-14,17,20-23,26,29-30,35-37,39,41-68H2,1-3H3/b10-7-,18-15-,19-16-,27-24-,28-25-,33-31-,34-32-,40-38-. The molecule has 0 spiro atoms. The van der Waals surface area contributed by atoms with Crippen LogP contribution in [-0.4, -0.2) is 37.2 Å². The first-order valence-electron chi connectivity index (χ1n) is 33.2. The molecule has 0 aromatic heterocycles. The number of esters is 3. The summed E-state index contributed by atoms with van der Waals surface area (Å²) in [4.78, 5) is 38.4. The Morgan fingerprint density at radius 3 is 0.833 bits per heavy atom. The fraction of sp³-hybridized carbons (Fsp3) is 0.736. The highest BCUT2D eigenvalue weighted by Crippen LogP contribution is 2.16. The van der Waals surface area contributed by atoms with Crippen molar-refractivity contribution in [1.29, 1.82) is 0 Å². The van der Waals surface area contributed by atoms with E-state index in [2.05, 4.69) is 118 Å². The number of ether oxygens (including phenoxy) is 3. The molecule has 0 saturated carbocycles. The van der Waals surface area contributed by atoms with Crippen molar-refractivity contribution in [3.8, 4) is 0 Å². The van der Waals surface area contributed by atoms with Crippen LogP contribution in [0.3, 0.4) is 0 Å². The van der Waals surface area contributed by atoms with Gasteiger partial charge in [-0.15, -0.1) is 0 Å². The Hall–Kier alpha value is -3.67. The fourth-order valence-corrected chi connectivity index (χ4v) is 9.31. The summed E-state index contributed by atoms with van der Waals surface area (Å²) in [6.45, 7) is 6.50. The number of allylic oxidation sites excluding steroid dienone is 16. The molecule has 0 bridgehead atoms. The number of hydrogen-bond donors (Lipinski definition) is 0. The van der Waals surface area contributed by atoms with E-state index < -0.39 is 6.10 Å². The second kappa shape index (κ2) is 65.8. The summed E-state index contributed by atoms with van der Waals surface area (Å²) >= 11 is 0. The molecule has 0 N–H and O–H groups in total. The van der Waals surface area contributed by atoms with E-state index in [-0.39, 0.29) is 31.1 Å². The van der Waals surface area contributed by atoms with E-state index >= 15 is 0 Å². The van der Waals surface area contributed by atoms with Gasteiger partial charge in [-0.05, 0) is 116 Å². The van der Waals surface area contributed by atoms with E-state index in [0.717, 1.165) is 122 Å². The number of carbonyl (C=O) groups excluding carboxylic acids is 3. The molecule has 448 valence electrons. The lowest BCUT2D eigenvalue weighted by Crippen LogP contribution is -2.30. The molecule has 0 aromatic carbocycles. The van der Waals surface area contributed by atoms with Crippen molar-refractivity contribution in [2.75, 3.05) is 13.2 Å². The van der Waals surface area contributed by atoms with Crippen molar-refractivity contribution in [1.82, 2.24) is 0 Å². The van der Waals surface area contributed by atoms with Gasteiger partial charge in [-0.25, -0.2) is 0 Å². The lowest BCUT2D eigenvalue weighted by molar-refractivity contribution is -0.167. The topological polar surface area (TPSA) is 78.9 Å². The minimum absolute atomic E-state index is 0.0875. The minimum atomic E-state index is -0.791. The molecule has 6 heteroatoms. The first-order chi connectivity index (χ1) is 38.5. The first kappa shape index (κ1) is 74.3. The highest BCUT2D eigenvalue weighted by atomic mass is 16.6. The van der Waals surface area contributed by atoms with Gasteiger partial charge < -0.3 is 14.2 Å². The molecule has 0 saturated heterocycles. The van der Waals surface area contributed by atoms with Crippen molar-refractivity contribution >= 4 is 17.9 Å². The highest BCUT2D eigenvalue weighted by molar-refractivity contribution is 5.71. The van der Waals surface area contributed by atoms with Crippen LogP contribution in [0.4, 0.5) is 0 Å². The van der Waals surface area contributed by atoms with Gasteiger partial charge in [0.1, 0.15) is 13.2 Å². The first-order valence-corrected chi connectivity index (χ1v) is 33.2. The average Bonchev–Trinajstić information content (AvgIpc) is 3.44. The van der Waals surface area contributed by atoms with Crippen LogP contribution in [0, 0.1) is 0 Å². The van der Waals surface area contributed by atoms with E-state index in [1.165, 1.54) is 161 Å². The SMILES string of the molecule is CC/C=C\C/C=C\C/C=C\C/C=C\C/C=C\CCCCCCCCCC(=O)OCC(COC(=O)CCCCCCC/C=C\C/C=C\CCCC)OC(=O)CCCCCCCCCCCCC/C=C\CCCCCCCCCC. The maximum atomic E-state index is 12.9. The summed E-state index contributed by atoms with van der Waals surface area (Å²) < 4.78 is 16.9. The second-order valence-electron chi connectivity index (χ2n) is 22.0. The lowest BCUT2D eigenvalue weighted by Gasteiger charge is -2.18. The highest BCUT2D eigenvalue weighted by Gasteiger charge is 2.19. The van der Waals surface area contributed by atoms with Crippen LogP contribution in [0.1, 0.15) is 323 Å². The predicted molar refractivity (Wildman–Crippen MR) is 339 cm³/mol. The van der Waals surface area contributed by atoms with Gasteiger partial charge in [-0.1, -0.05) is 285 Å². The van der Waals surface area contributed by atoms with Crippen molar-refractivity contribution in [2.45, 2.75) is 329 Å². The normalized spacial score (nSPS) is 12.7. The third-order valence-electron chi connectivity index (χ3n) is 14.3. The number of unbranched alkanes of at least 4 members (excludes halogenated alkanes) is 33. The Bertz CT molecular complexity index is 1530. The van der Waals surface area contributed by atoms with E-state index in [4.69, 9.17) is 14.2 Å². The summed E-state index contributed by atoms with van der Waals surface area (Å²) in [5.41, 5.74) is 0. The molecule has 0 rings (SSSR count). The molecule has 0 fully saturated rings. The van der Waals surface area contributed by atoms with Crippen molar-refractivity contribution in [3.05, 3.63) is 97.2 Å². The van der Waals surface area contributed by atoms with Crippen molar-refractivity contribution in [2.24, 2.45) is 0 Å². The molecule has 0 aliphatic heterocycles. The van der Waals surface area contributed by atoms with Crippen LogP contribution in [-0.2, 0) is 28.6 Å². The zero-order chi connectivity index (χ0) is 56.4. The lowest BCUT2D eigenvalue weighted by atomic mass is 10.0. The largest absolute Gasteiger partial charge is 0.462 e. The molecule has 78 heavy (non-hydrogen) atoms. The minimum Gasteiger partial charge on any atom is -0.462 e. The van der Waals surface area contributed by atoms with Crippen LogP contribution in [0.2, 0.25) is 0 Å². The molecule has 0 amide bonds. The maximum absolute atomic E-state index is 12.9. The number of rotatable bonds is 60. The molecule has 0 radical (unpaired) electrons. The van der Waals surface area contributed by atoms with Crippen LogP contribution in [0.5, 0.6) is 0 Å². The smallest absolute Gasteiger partial charge is 0.306 e. The summed E-state index contributed by atoms with van der Waals surface area (Å²) in [5, 5.41) is 0. The number of hydrogen-bond acceptors (Lipinski definition) is 6. The molecule has 0 aromatic rings. The van der Waals surface area contributed by atoms with Crippen LogP contribution < -0.4 is 0 Å². The van der Waals surface area contributed by atoms with Crippen LogP contribution in [0.25, 0.3) is 0 Å². The van der Waals surface area contributed by atoms with Gasteiger partial charge in [0.15, 0.2) is 6.10 Å². The Kier molecular flexibility index (Phi) is 62.7. The van der Waals surface area contributed by atoms with Gasteiger partial charge in [-0.2, -0.15) is 0 Å². The van der Waals surface area contributed by atoms with E-state index in [1.54, 1.807) is 0 Å². The van der Waals surface area contributed by atoms with Gasteiger partial charge >= 0.3 is 17.9 Å². The van der Waals surface area contributed by atoms with Gasteiger partial charge in [0.2, 0.25) is 0 Å². The average molecular weight is 1090 g/mol. The monoisotopic (exact) mass is 1080 g/mol. The maximum Gasteiger partial charge on any atom is 0.306 e. The van der Waals surface area contributed by atoms with Crippen LogP contribution in [0.15, 0.2) is 97.2 Å². The Morgan fingerprint density at radius 2 is 0.513 bits per heavy atom. The fourth-order valence-electron chi connectivity index (χ4n) is 9.31. The summed E-state index contributed by atoms with van der Waals surface area (Å²) in [6, 6.07) is 0. The van der Waals surface area contributed by atoms with Gasteiger partial charge in [0, 0.05) is 19.3 Å². The molecule has 0 aliphatic rings. The summed E-state index contributed by atoms with van der Waals surface area (Å²) in [5.74, 6) is -0.901. The third kappa shape index (κ3) is 63.2. The van der Waals surface area contributed by atoms with Crippen molar-refractivity contribution in [3.63, 3.8) is 0 Å². The quantitative estimate of drug-likeness (QED) is 0.0261. The molecule has 1 unspecified atom stereocenters. The van der Waals surface area contributed by atoms with Gasteiger partial charge in [-0.3, -0.25) is 14.4 Å². The number of carbonyl (C=O) groups is 3. The van der Waals surface area contributed by atoms with Gasteiger partial charge in [0.05, 0.1) is 0 Å². The molecule has 1 atom stereocenters. The summed E-state index contributed by atoms with van der Waals surface area (Å²) in [6.07, 6.45) is 88.4. The Labute approximate surface area is 483 Å². The zero-order valence-electron chi connectivity index (χ0n) is 51.4. The molecular formula is C72H124O6.